The lowest BCUT2D eigenvalue weighted by Gasteiger charge is -2.29. The first-order valence-electron chi connectivity index (χ1n) is 14.9. The van der Waals surface area contributed by atoms with Crippen LogP contribution in [0.4, 0.5) is 5.95 Å². The molecule has 4 heterocycles. The van der Waals surface area contributed by atoms with Crippen molar-refractivity contribution in [3.63, 3.8) is 0 Å². The van der Waals surface area contributed by atoms with Crippen LogP contribution in [-0.4, -0.2) is 55.8 Å². The van der Waals surface area contributed by atoms with Gasteiger partial charge in [0.05, 0.1) is 0 Å². The first-order valence-corrected chi connectivity index (χ1v) is 14.9. The van der Waals surface area contributed by atoms with Crippen molar-refractivity contribution in [2.75, 3.05) is 31.1 Å². The molecule has 0 fully saturated rings. The standard InChI is InChI=1S/C31H39N7O4/c1-3-17-37-28-27(29(40)38(18-4-2)31(37)41)36-20-7-19-35(30(36)34-28)21-14-23-9-11-25(12-10-23)42-22-26(39)33-16-13-24-8-5-6-15-32-24/h5-6,8-12,15H,3-4,7,13-14,16-22H2,1-2H3,(H,33,39). The Balaban J connectivity index is 1.21. The lowest BCUT2D eigenvalue weighted by Crippen LogP contribution is -2.41. The third-order valence-corrected chi connectivity index (χ3v) is 7.47. The van der Waals surface area contributed by atoms with E-state index in [0.29, 0.717) is 55.9 Å². The Morgan fingerprint density at radius 2 is 1.74 bits per heavy atom. The van der Waals surface area contributed by atoms with Crippen LogP contribution in [0.3, 0.4) is 0 Å². The smallest absolute Gasteiger partial charge is 0.332 e. The normalized spacial score (nSPS) is 12.9. The number of nitrogens with zero attached hydrogens (tertiary/aromatic N) is 6. The Kier molecular flexibility index (Phi) is 9.35. The summed E-state index contributed by atoms with van der Waals surface area (Å²) >= 11 is 0. The van der Waals surface area contributed by atoms with Crippen LogP contribution in [0.15, 0.2) is 58.3 Å². The van der Waals surface area contributed by atoms with Crippen LogP contribution in [0.1, 0.15) is 44.4 Å². The number of amides is 1. The van der Waals surface area contributed by atoms with Crippen LogP contribution in [0.25, 0.3) is 11.2 Å². The Labute approximate surface area is 244 Å². The molecule has 11 nitrogen and oxygen atoms in total. The molecule has 222 valence electrons. The third-order valence-electron chi connectivity index (χ3n) is 7.47. The Hall–Kier alpha value is -4.41. The van der Waals surface area contributed by atoms with Gasteiger partial charge in [-0.2, -0.15) is 4.98 Å². The predicted octanol–water partition coefficient (Wildman–Crippen LogP) is 2.77. The van der Waals surface area contributed by atoms with E-state index in [0.717, 1.165) is 49.6 Å². The molecule has 0 bridgehead atoms. The van der Waals surface area contributed by atoms with E-state index in [4.69, 9.17) is 9.72 Å². The van der Waals surface area contributed by atoms with Crippen molar-refractivity contribution in [1.82, 2.24) is 29.0 Å². The molecule has 11 heteroatoms. The number of carbonyl (C=O) groups excluding carboxylic acids is 1. The predicted molar refractivity (Wildman–Crippen MR) is 162 cm³/mol. The van der Waals surface area contributed by atoms with Crippen molar-refractivity contribution >= 4 is 23.0 Å². The first-order chi connectivity index (χ1) is 20.5. The molecule has 1 aliphatic rings. The molecule has 1 aliphatic heterocycles. The maximum atomic E-state index is 13.4. The molecule has 4 aromatic rings. The summed E-state index contributed by atoms with van der Waals surface area (Å²) in [5.74, 6) is 1.21. The minimum atomic E-state index is -0.275. The number of aromatic nitrogens is 5. The summed E-state index contributed by atoms with van der Waals surface area (Å²) in [5.41, 5.74) is 2.55. The van der Waals surface area contributed by atoms with Gasteiger partial charge in [-0.1, -0.05) is 32.0 Å². The number of hydrogen-bond donors (Lipinski definition) is 1. The minimum Gasteiger partial charge on any atom is -0.484 e. The number of anilines is 1. The van der Waals surface area contributed by atoms with Crippen molar-refractivity contribution in [1.29, 1.82) is 0 Å². The van der Waals surface area contributed by atoms with Gasteiger partial charge >= 0.3 is 5.69 Å². The molecule has 0 unspecified atom stereocenters. The van der Waals surface area contributed by atoms with Crippen LogP contribution >= 0.6 is 0 Å². The topological polar surface area (TPSA) is 116 Å². The molecule has 42 heavy (non-hydrogen) atoms. The summed E-state index contributed by atoms with van der Waals surface area (Å²) in [6.45, 7) is 7.64. The van der Waals surface area contributed by atoms with Gasteiger partial charge in [-0.05, 0) is 55.5 Å². The van der Waals surface area contributed by atoms with E-state index in [2.05, 4.69) is 15.2 Å². The average molecular weight is 574 g/mol. The summed E-state index contributed by atoms with van der Waals surface area (Å²) in [5, 5.41) is 2.86. The molecule has 0 aliphatic carbocycles. The van der Waals surface area contributed by atoms with Crippen molar-refractivity contribution in [3.8, 4) is 5.75 Å². The number of fused-ring (bicyclic) bond motifs is 3. The highest BCUT2D eigenvalue weighted by Crippen LogP contribution is 2.25. The lowest BCUT2D eigenvalue weighted by molar-refractivity contribution is -0.123. The fourth-order valence-electron chi connectivity index (χ4n) is 5.40. The molecular weight excluding hydrogens is 534 g/mol. The molecule has 0 spiro atoms. The number of benzene rings is 1. The van der Waals surface area contributed by atoms with Crippen LogP contribution < -0.4 is 26.2 Å². The number of rotatable bonds is 13. The molecule has 0 saturated carbocycles. The highest BCUT2D eigenvalue weighted by Gasteiger charge is 2.26. The number of hydrogen-bond acceptors (Lipinski definition) is 7. The number of pyridine rings is 1. The monoisotopic (exact) mass is 573 g/mol. The second-order valence-electron chi connectivity index (χ2n) is 10.6. The van der Waals surface area contributed by atoms with Gasteiger partial charge in [0.25, 0.3) is 11.5 Å². The van der Waals surface area contributed by atoms with Crippen LogP contribution in [0.5, 0.6) is 5.75 Å². The second kappa shape index (κ2) is 13.5. The molecular formula is C31H39N7O4. The molecule has 5 rings (SSSR count). The number of aryl methyl sites for hydroxylation is 2. The first kappa shape index (κ1) is 29.1. The Morgan fingerprint density at radius 1 is 0.952 bits per heavy atom. The highest BCUT2D eigenvalue weighted by atomic mass is 16.5. The van der Waals surface area contributed by atoms with Gasteiger partial charge < -0.3 is 19.5 Å². The molecule has 0 atom stereocenters. The van der Waals surface area contributed by atoms with Gasteiger partial charge in [0.2, 0.25) is 5.95 Å². The maximum absolute atomic E-state index is 13.4. The van der Waals surface area contributed by atoms with E-state index in [1.165, 1.54) is 4.57 Å². The third kappa shape index (κ3) is 6.40. The van der Waals surface area contributed by atoms with E-state index in [1.54, 1.807) is 10.8 Å². The second-order valence-corrected chi connectivity index (χ2v) is 10.6. The molecule has 0 saturated heterocycles. The molecule has 1 amide bonds. The van der Waals surface area contributed by atoms with Gasteiger partial charge in [0.1, 0.15) is 5.75 Å². The summed E-state index contributed by atoms with van der Waals surface area (Å²) in [6.07, 6.45) is 5.58. The fourth-order valence-corrected chi connectivity index (χ4v) is 5.40. The number of nitrogens with one attached hydrogen (secondary N) is 1. The quantitative estimate of drug-likeness (QED) is 0.262. The zero-order valence-electron chi connectivity index (χ0n) is 24.4. The zero-order chi connectivity index (χ0) is 29.5. The van der Waals surface area contributed by atoms with Crippen LogP contribution in [0.2, 0.25) is 0 Å². The summed E-state index contributed by atoms with van der Waals surface area (Å²) in [4.78, 5) is 50.0. The number of ether oxygens (including phenoxy) is 1. The van der Waals surface area contributed by atoms with E-state index < -0.39 is 0 Å². The SMILES string of the molecule is CCCn1c(=O)c2c(nc3n2CCCN3CCc2ccc(OCC(=O)NCCc3ccccn3)cc2)n(CCC)c1=O. The molecule has 1 N–H and O–H groups in total. The Bertz CT molecular complexity index is 1620. The zero-order valence-corrected chi connectivity index (χ0v) is 24.4. The van der Waals surface area contributed by atoms with Crippen molar-refractivity contribution < 1.29 is 9.53 Å². The van der Waals surface area contributed by atoms with Crippen molar-refractivity contribution in [2.24, 2.45) is 0 Å². The average Bonchev–Trinajstić information content (AvgIpc) is 3.41. The van der Waals surface area contributed by atoms with Crippen LogP contribution in [0, 0.1) is 0 Å². The summed E-state index contributed by atoms with van der Waals surface area (Å²) in [7, 11) is 0. The largest absolute Gasteiger partial charge is 0.484 e. The highest BCUT2D eigenvalue weighted by molar-refractivity contribution is 5.77. The van der Waals surface area contributed by atoms with Gasteiger partial charge in [0.15, 0.2) is 17.8 Å². The summed E-state index contributed by atoms with van der Waals surface area (Å²) < 4.78 is 10.7. The van der Waals surface area contributed by atoms with Crippen molar-refractivity contribution in [3.05, 3.63) is 80.8 Å². The Morgan fingerprint density at radius 3 is 2.48 bits per heavy atom. The molecule has 3 aromatic heterocycles. The molecule has 1 aromatic carbocycles. The van der Waals surface area contributed by atoms with Crippen molar-refractivity contribution in [2.45, 2.75) is 65.6 Å². The van der Waals surface area contributed by atoms with Gasteiger partial charge in [-0.15, -0.1) is 0 Å². The minimum absolute atomic E-state index is 0.0470. The number of imidazole rings is 1. The summed E-state index contributed by atoms with van der Waals surface area (Å²) in [6, 6.07) is 13.5. The van der Waals surface area contributed by atoms with E-state index in [-0.39, 0.29) is 23.8 Å². The van der Waals surface area contributed by atoms with E-state index in [1.807, 2.05) is 60.9 Å². The van der Waals surface area contributed by atoms with Crippen LogP contribution in [-0.2, 0) is 37.3 Å². The molecule has 0 radical (unpaired) electrons. The maximum Gasteiger partial charge on any atom is 0.332 e. The van der Waals surface area contributed by atoms with E-state index >= 15 is 0 Å². The van der Waals surface area contributed by atoms with Gasteiger partial charge in [-0.25, -0.2) is 4.79 Å². The number of carbonyl (C=O) groups is 1. The van der Waals surface area contributed by atoms with Gasteiger partial charge in [-0.3, -0.25) is 23.7 Å². The fraction of sp³-hybridized carbons (Fsp3) is 0.452. The lowest BCUT2D eigenvalue weighted by atomic mass is 10.1. The van der Waals surface area contributed by atoms with Gasteiger partial charge in [0, 0.05) is 57.6 Å². The van der Waals surface area contributed by atoms with E-state index in [9.17, 15) is 14.4 Å².